The Morgan fingerprint density at radius 1 is 0.804 bits per heavy atom. The fourth-order valence-corrected chi connectivity index (χ4v) is 12.5. The molecule has 1 unspecified atom stereocenters. The first-order chi connectivity index (χ1) is 26.2. The van der Waals surface area contributed by atoms with Gasteiger partial charge in [-0.05, 0) is 94.3 Å². The molecule has 7 aliphatic rings. The predicted octanol–water partition coefficient (Wildman–Crippen LogP) is 2.43. The van der Waals surface area contributed by atoms with Crippen LogP contribution in [-0.2, 0) is 38.0 Å². The molecule has 4 aliphatic heterocycles. The first-order valence-electron chi connectivity index (χ1n) is 20.6. The first kappa shape index (κ1) is 42.2. The fraction of sp³-hybridized carbons (Fsp3) is 0.857. The first-order valence-corrected chi connectivity index (χ1v) is 20.6. The SMILES string of the molecule is CC(C)=CC[C@H]1OC(=O)C2=C1COC(=O)[C@]1(C)[C@@H]2CC[C@@H]2[C@@]3(C)CC[C@H](O[C@@H]4O[C@H](CO[C@@H]5O[C@@H](C)[C@H](O)[C@@H](O)C5O)[C@@H](O)[C@H](O)[C@H]4O)C(C)(C)[C@@H]3CC[C@]21C. The highest BCUT2D eigenvalue weighted by atomic mass is 16.7. The van der Waals surface area contributed by atoms with Crippen molar-refractivity contribution in [3.8, 4) is 0 Å². The second kappa shape index (κ2) is 14.9. The van der Waals surface area contributed by atoms with Crippen molar-refractivity contribution in [2.24, 2.45) is 39.4 Å². The number of aliphatic hydroxyl groups excluding tert-OH is 6. The summed E-state index contributed by atoms with van der Waals surface area (Å²) in [5, 5.41) is 63.5. The average molecular weight is 793 g/mol. The molecule has 0 aromatic heterocycles. The van der Waals surface area contributed by atoms with Crippen LogP contribution in [0.2, 0.25) is 0 Å². The monoisotopic (exact) mass is 792 g/mol. The quantitative estimate of drug-likeness (QED) is 0.124. The Bertz CT molecular complexity index is 1590. The summed E-state index contributed by atoms with van der Waals surface area (Å²) in [5.41, 5.74) is 0.525. The van der Waals surface area contributed by atoms with Crippen LogP contribution in [0.1, 0.15) is 100 Å². The van der Waals surface area contributed by atoms with Gasteiger partial charge in [-0.1, -0.05) is 39.3 Å². The van der Waals surface area contributed by atoms with E-state index in [0.717, 1.165) is 36.8 Å². The van der Waals surface area contributed by atoms with E-state index in [1.165, 1.54) is 6.92 Å². The van der Waals surface area contributed by atoms with E-state index in [1.54, 1.807) is 0 Å². The van der Waals surface area contributed by atoms with Crippen LogP contribution in [-0.4, -0.2) is 129 Å². The lowest BCUT2D eigenvalue weighted by molar-refractivity contribution is -0.344. The van der Waals surface area contributed by atoms with Gasteiger partial charge in [0.1, 0.15) is 55.4 Å². The Balaban J connectivity index is 1.08. The second-order valence-corrected chi connectivity index (χ2v) is 19.3. The number of carbonyl (C=O) groups excluding carboxylic acids is 2. The lowest BCUT2D eigenvalue weighted by Gasteiger charge is -2.69. The Hall–Kier alpha value is -1.98. The van der Waals surface area contributed by atoms with Crippen LogP contribution in [0.5, 0.6) is 0 Å². The number of carbonyl (C=O) groups is 2. The predicted molar refractivity (Wildman–Crippen MR) is 198 cm³/mol. The summed E-state index contributed by atoms with van der Waals surface area (Å²) >= 11 is 0. The maximum absolute atomic E-state index is 14.3. The number of cyclic esters (lactones) is 2. The molecule has 0 amide bonds. The highest BCUT2D eigenvalue weighted by molar-refractivity contribution is 5.95. The van der Waals surface area contributed by atoms with Crippen LogP contribution in [0, 0.1) is 39.4 Å². The van der Waals surface area contributed by atoms with Crippen molar-refractivity contribution in [2.75, 3.05) is 13.2 Å². The van der Waals surface area contributed by atoms with Gasteiger partial charge in [0.25, 0.3) is 0 Å². The highest BCUT2D eigenvalue weighted by Crippen LogP contribution is 2.73. The molecule has 56 heavy (non-hydrogen) atoms. The van der Waals surface area contributed by atoms with E-state index >= 15 is 0 Å². The summed E-state index contributed by atoms with van der Waals surface area (Å²) in [7, 11) is 0. The van der Waals surface area contributed by atoms with Crippen LogP contribution < -0.4 is 0 Å². The molecule has 14 nitrogen and oxygen atoms in total. The van der Waals surface area contributed by atoms with Gasteiger partial charge >= 0.3 is 11.9 Å². The summed E-state index contributed by atoms with van der Waals surface area (Å²) in [6.45, 7) is 16.2. The van der Waals surface area contributed by atoms with E-state index in [-0.39, 0.29) is 48.3 Å². The van der Waals surface area contributed by atoms with Gasteiger partial charge in [0, 0.05) is 23.5 Å². The fourth-order valence-electron chi connectivity index (χ4n) is 12.5. The molecule has 3 saturated carbocycles. The molecule has 3 aliphatic carbocycles. The summed E-state index contributed by atoms with van der Waals surface area (Å²) < 4.78 is 35.9. The number of hydrogen-bond acceptors (Lipinski definition) is 14. The van der Waals surface area contributed by atoms with Crippen molar-refractivity contribution < 1.29 is 68.6 Å². The Kier molecular flexibility index (Phi) is 11.2. The minimum Gasteiger partial charge on any atom is -0.461 e. The van der Waals surface area contributed by atoms with Crippen molar-refractivity contribution >= 4 is 11.9 Å². The molecule has 4 heterocycles. The Morgan fingerprint density at radius 2 is 1.48 bits per heavy atom. The summed E-state index contributed by atoms with van der Waals surface area (Å²) in [6.07, 6.45) is -7.58. The molecule has 0 aromatic carbocycles. The van der Waals surface area contributed by atoms with Crippen molar-refractivity contribution in [1.82, 2.24) is 0 Å². The zero-order valence-corrected chi connectivity index (χ0v) is 34.1. The molecular weight excluding hydrogens is 728 g/mol. The third-order valence-corrected chi connectivity index (χ3v) is 15.9. The molecule has 0 aromatic rings. The maximum atomic E-state index is 14.3. The van der Waals surface area contributed by atoms with Crippen molar-refractivity contribution in [1.29, 1.82) is 0 Å². The zero-order chi connectivity index (χ0) is 40.9. The van der Waals surface area contributed by atoms with E-state index in [1.807, 2.05) is 20.8 Å². The van der Waals surface area contributed by atoms with Crippen molar-refractivity contribution in [3.63, 3.8) is 0 Å². The third kappa shape index (κ3) is 6.44. The average Bonchev–Trinajstić information content (AvgIpc) is 3.39. The molecule has 6 N–H and O–H groups in total. The van der Waals surface area contributed by atoms with Gasteiger partial charge in [0.05, 0.1) is 24.2 Å². The number of hydrogen-bond donors (Lipinski definition) is 6. The lowest BCUT2D eigenvalue weighted by Crippen LogP contribution is -2.67. The number of rotatable bonds is 7. The van der Waals surface area contributed by atoms with E-state index in [9.17, 15) is 40.2 Å². The number of esters is 2. The van der Waals surface area contributed by atoms with Gasteiger partial charge in [0.2, 0.25) is 0 Å². The number of aliphatic hydroxyl groups is 6. The molecule has 5 fully saturated rings. The summed E-state index contributed by atoms with van der Waals surface area (Å²) in [6, 6.07) is 0. The van der Waals surface area contributed by atoms with Gasteiger partial charge in [-0.25, -0.2) is 4.79 Å². The molecular formula is C42H64O14. The molecule has 0 spiro atoms. The van der Waals surface area contributed by atoms with Gasteiger partial charge in [-0.3, -0.25) is 4.79 Å². The number of ether oxygens (including phenoxy) is 6. The molecule has 7 rings (SSSR count). The van der Waals surface area contributed by atoms with Crippen LogP contribution in [0.4, 0.5) is 0 Å². The molecule has 316 valence electrons. The minimum atomic E-state index is -1.62. The number of fused-ring (bicyclic) bond motifs is 6. The van der Waals surface area contributed by atoms with Gasteiger partial charge in [0.15, 0.2) is 12.6 Å². The van der Waals surface area contributed by atoms with Gasteiger partial charge < -0.3 is 59.1 Å². The largest absolute Gasteiger partial charge is 0.461 e. The topological polar surface area (TPSA) is 211 Å². The molecule has 14 heteroatoms. The summed E-state index contributed by atoms with van der Waals surface area (Å²) in [4.78, 5) is 28.0. The van der Waals surface area contributed by atoms with E-state index in [4.69, 9.17) is 28.4 Å². The minimum absolute atomic E-state index is 0.0660. The Labute approximate surface area is 329 Å². The van der Waals surface area contributed by atoms with Crippen LogP contribution in [0.25, 0.3) is 0 Å². The Morgan fingerprint density at radius 3 is 2.18 bits per heavy atom. The molecule has 0 radical (unpaired) electrons. The molecule has 2 saturated heterocycles. The standard InChI is InChI=1S/C42H64O14/c1-19(2)9-11-23-21-17-52-38(50)42(8)22(28(21)35(49)54-23)10-12-26-40(6)15-14-27(39(4,5)25(40)13-16-41(26,42)7)56-37-34(48)32(46)30(44)24(55-37)18-51-36-33(47)31(45)29(43)20(3)53-36/h9,20,22-27,29-34,36-37,43-48H,10-18H2,1-8H3/t20-,22+,23+,24+,25-,26+,27-,29-,30+,31+,32-,33?,34+,36+,37-,40-,41+,42-/m0/s1. The van der Waals surface area contributed by atoms with Crippen molar-refractivity contribution in [2.45, 2.75) is 174 Å². The van der Waals surface area contributed by atoms with E-state index < -0.39 is 89.9 Å². The van der Waals surface area contributed by atoms with E-state index in [0.29, 0.717) is 24.8 Å². The number of allylic oxidation sites excluding steroid dienone is 1. The highest BCUT2D eigenvalue weighted by Gasteiger charge is 2.71. The third-order valence-electron chi connectivity index (χ3n) is 15.9. The molecule has 0 bridgehead atoms. The lowest BCUT2D eigenvalue weighted by atomic mass is 9.35. The van der Waals surface area contributed by atoms with Gasteiger partial charge in [-0.15, -0.1) is 0 Å². The molecule has 18 atom stereocenters. The van der Waals surface area contributed by atoms with Crippen LogP contribution in [0.15, 0.2) is 22.8 Å². The normalized spacial score (nSPS) is 50.1. The van der Waals surface area contributed by atoms with Crippen LogP contribution in [0.3, 0.4) is 0 Å². The van der Waals surface area contributed by atoms with Crippen LogP contribution >= 0.6 is 0 Å². The maximum Gasteiger partial charge on any atom is 0.335 e. The summed E-state index contributed by atoms with van der Waals surface area (Å²) in [5.74, 6) is -0.584. The van der Waals surface area contributed by atoms with E-state index in [2.05, 4.69) is 33.8 Å². The smallest absolute Gasteiger partial charge is 0.335 e. The van der Waals surface area contributed by atoms with Crippen molar-refractivity contribution in [3.05, 3.63) is 22.8 Å². The second-order valence-electron chi connectivity index (χ2n) is 19.3. The van der Waals surface area contributed by atoms with Gasteiger partial charge in [-0.2, -0.15) is 0 Å². The zero-order valence-electron chi connectivity index (χ0n) is 34.1.